The minimum absolute atomic E-state index is 0.277. The third kappa shape index (κ3) is 10.2. The van der Waals surface area contributed by atoms with Crippen molar-refractivity contribution in [2.75, 3.05) is 26.3 Å². The lowest BCUT2D eigenvalue weighted by molar-refractivity contribution is 0.236. The highest BCUT2D eigenvalue weighted by Gasteiger charge is 2.15. The summed E-state index contributed by atoms with van der Waals surface area (Å²) in [4.78, 5) is 0. The van der Waals surface area contributed by atoms with Gasteiger partial charge < -0.3 is 15.5 Å². The first-order chi connectivity index (χ1) is 7.12. The van der Waals surface area contributed by atoms with Crippen LogP contribution >= 0.6 is 0 Å². The van der Waals surface area contributed by atoms with Crippen LogP contribution < -0.4 is 5.32 Å². The Morgan fingerprint density at radius 3 is 2.20 bits per heavy atom. The van der Waals surface area contributed by atoms with Crippen LogP contribution in [0.5, 0.6) is 0 Å². The molecule has 0 aromatic carbocycles. The molecule has 0 saturated heterocycles. The first-order valence-corrected chi connectivity index (χ1v) is 6.05. The number of aliphatic hydroxyl groups excluding tert-OH is 2. The van der Waals surface area contributed by atoms with E-state index in [1.807, 2.05) is 0 Å². The van der Waals surface area contributed by atoms with Crippen molar-refractivity contribution in [1.29, 1.82) is 0 Å². The Morgan fingerprint density at radius 2 is 1.60 bits per heavy atom. The summed E-state index contributed by atoms with van der Waals surface area (Å²) in [5, 5.41) is 20.8. The largest absolute Gasteiger partial charge is 0.396 e. The zero-order chi connectivity index (χ0) is 11.6. The molecule has 0 aliphatic heterocycles. The lowest BCUT2D eigenvalue weighted by Gasteiger charge is -2.24. The first kappa shape index (κ1) is 14.9. The molecule has 3 heteroatoms. The molecule has 0 unspecified atom stereocenters. The minimum atomic E-state index is 0.277. The summed E-state index contributed by atoms with van der Waals surface area (Å²) in [6.07, 6.45) is 5.10. The molecule has 0 saturated carbocycles. The topological polar surface area (TPSA) is 52.5 Å². The molecular formula is C12H27NO2. The summed E-state index contributed by atoms with van der Waals surface area (Å²) in [7, 11) is 0. The van der Waals surface area contributed by atoms with E-state index in [-0.39, 0.29) is 5.41 Å². The van der Waals surface area contributed by atoms with E-state index >= 15 is 0 Å². The molecule has 0 spiro atoms. The second kappa shape index (κ2) is 9.13. The lowest BCUT2D eigenvalue weighted by Crippen LogP contribution is -2.30. The van der Waals surface area contributed by atoms with E-state index in [9.17, 15) is 0 Å². The normalized spacial score (nSPS) is 12.0. The average molecular weight is 217 g/mol. The van der Waals surface area contributed by atoms with Crippen LogP contribution in [0.1, 0.15) is 46.0 Å². The molecule has 0 atom stereocenters. The molecule has 0 aromatic rings. The molecule has 0 aromatic heterocycles. The van der Waals surface area contributed by atoms with Crippen molar-refractivity contribution in [3.05, 3.63) is 0 Å². The van der Waals surface area contributed by atoms with Gasteiger partial charge in [-0.25, -0.2) is 0 Å². The fraction of sp³-hybridized carbons (Fsp3) is 1.00. The van der Waals surface area contributed by atoms with E-state index < -0.39 is 0 Å². The fourth-order valence-electron chi connectivity index (χ4n) is 1.61. The Kier molecular flexibility index (Phi) is 9.06. The van der Waals surface area contributed by atoms with Crippen LogP contribution in [0.3, 0.4) is 0 Å². The van der Waals surface area contributed by atoms with E-state index in [1.165, 1.54) is 0 Å². The Morgan fingerprint density at radius 1 is 0.933 bits per heavy atom. The van der Waals surface area contributed by atoms with Gasteiger partial charge in [-0.1, -0.05) is 13.8 Å². The molecule has 0 fully saturated rings. The number of hydrogen-bond acceptors (Lipinski definition) is 3. The van der Waals surface area contributed by atoms with Crippen LogP contribution in [0.25, 0.3) is 0 Å². The van der Waals surface area contributed by atoms with Gasteiger partial charge in [0.2, 0.25) is 0 Å². The molecule has 0 radical (unpaired) electrons. The van der Waals surface area contributed by atoms with Crippen molar-refractivity contribution in [3.63, 3.8) is 0 Å². The van der Waals surface area contributed by atoms with Gasteiger partial charge >= 0.3 is 0 Å². The van der Waals surface area contributed by atoms with Gasteiger partial charge in [0.15, 0.2) is 0 Å². The predicted octanol–water partition coefficient (Wildman–Crippen LogP) is 1.54. The van der Waals surface area contributed by atoms with Gasteiger partial charge in [-0.3, -0.25) is 0 Å². The fourth-order valence-corrected chi connectivity index (χ4v) is 1.61. The second-order valence-corrected chi connectivity index (χ2v) is 4.95. The van der Waals surface area contributed by atoms with Crippen LogP contribution in [-0.2, 0) is 0 Å². The second-order valence-electron chi connectivity index (χ2n) is 4.95. The molecule has 92 valence electrons. The molecule has 0 aliphatic rings. The molecule has 15 heavy (non-hydrogen) atoms. The maximum atomic E-state index is 8.75. The number of hydrogen-bond donors (Lipinski definition) is 3. The van der Waals surface area contributed by atoms with E-state index in [2.05, 4.69) is 19.2 Å². The molecular weight excluding hydrogens is 190 g/mol. The van der Waals surface area contributed by atoms with Crippen molar-refractivity contribution in [1.82, 2.24) is 5.32 Å². The number of aliphatic hydroxyl groups is 2. The number of nitrogens with one attached hydrogen (secondary N) is 1. The van der Waals surface area contributed by atoms with Crippen molar-refractivity contribution in [3.8, 4) is 0 Å². The summed E-state index contributed by atoms with van der Waals surface area (Å²) in [5.74, 6) is 0. The lowest BCUT2D eigenvalue weighted by atomic mass is 9.88. The predicted molar refractivity (Wildman–Crippen MR) is 63.9 cm³/mol. The Bertz CT molecular complexity index is 138. The van der Waals surface area contributed by atoms with Gasteiger partial charge in [0.05, 0.1) is 0 Å². The zero-order valence-corrected chi connectivity index (χ0v) is 10.3. The SMILES string of the molecule is CC(C)(CCCO)CNCCCCCO. The third-order valence-corrected chi connectivity index (χ3v) is 2.63. The molecule has 0 heterocycles. The molecule has 0 bridgehead atoms. The van der Waals surface area contributed by atoms with Gasteiger partial charge in [0, 0.05) is 19.8 Å². The van der Waals surface area contributed by atoms with Crippen LogP contribution in [0.15, 0.2) is 0 Å². The van der Waals surface area contributed by atoms with E-state index in [0.29, 0.717) is 13.2 Å². The van der Waals surface area contributed by atoms with Gasteiger partial charge in [0.1, 0.15) is 0 Å². The van der Waals surface area contributed by atoms with Crippen molar-refractivity contribution in [2.45, 2.75) is 46.0 Å². The summed E-state index contributed by atoms with van der Waals surface area (Å²) in [5.41, 5.74) is 0.277. The smallest absolute Gasteiger partial charge is 0.0431 e. The van der Waals surface area contributed by atoms with Gasteiger partial charge in [0.25, 0.3) is 0 Å². The van der Waals surface area contributed by atoms with Crippen LogP contribution in [-0.4, -0.2) is 36.5 Å². The third-order valence-electron chi connectivity index (χ3n) is 2.63. The number of rotatable bonds is 10. The highest BCUT2D eigenvalue weighted by atomic mass is 16.3. The summed E-state index contributed by atoms with van der Waals surface area (Å²) in [6.45, 7) is 7.09. The van der Waals surface area contributed by atoms with Crippen molar-refractivity contribution >= 4 is 0 Å². The zero-order valence-electron chi connectivity index (χ0n) is 10.3. The van der Waals surface area contributed by atoms with Crippen LogP contribution in [0, 0.1) is 5.41 Å². The standard InChI is InChI=1S/C12H27NO2/c1-12(2,7-6-10-15)11-13-8-4-3-5-9-14/h13-15H,3-11H2,1-2H3. The quantitative estimate of drug-likeness (QED) is 0.487. The molecule has 0 rings (SSSR count). The van der Waals surface area contributed by atoms with Crippen molar-refractivity contribution in [2.24, 2.45) is 5.41 Å². The van der Waals surface area contributed by atoms with Crippen LogP contribution in [0.2, 0.25) is 0 Å². The summed E-state index contributed by atoms with van der Waals surface area (Å²) >= 11 is 0. The molecule has 3 N–H and O–H groups in total. The maximum absolute atomic E-state index is 8.75. The Balaban J connectivity index is 3.32. The maximum Gasteiger partial charge on any atom is 0.0431 e. The number of unbranched alkanes of at least 4 members (excludes halogenated alkanes) is 2. The van der Waals surface area contributed by atoms with E-state index in [4.69, 9.17) is 10.2 Å². The first-order valence-electron chi connectivity index (χ1n) is 6.05. The summed E-state index contributed by atoms with van der Waals surface area (Å²) < 4.78 is 0. The Hall–Kier alpha value is -0.120. The highest BCUT2D eigenvalue weighted by Crippen LogP contribution is 2.20. The monoisotopic (exact) mass is 217 g/mol. The average Bonchev–Trinajstić information content (AvgIpc) is 2.20. The Labute approximate surface area is 93.9 Å². The highest BCUT2D eigenvalue weighted by molar-refractivity contribution is 4.71. The van der Waals surface area contributed by atoms with Gasteiger partial charge in [-0.05, 0) is 44.1 Å². The minimum Gasteiger partial charge on any atom is -0.396 e. The molecule has 0 amide bonds. The summed E-state index contributed by atoms with van der Waals surface area (Å²) in [6, 6.07) is 0. The van der Waals surface area contributed by atoms with E-state index in [1.54, 1.807) is 0 Å². The van der Waals surface area contributed by atoms with Gasteiger partial charge in [-0.2, -0.15) is 0 Å². The van der Waals surface area contributed by atoms with E-state index in [0.717, 1.165) is 45.2 Å². The van der Waals surface area contributed by atoms with Crippen LogP contribution in [0.4, 0.5) is 0 Å². The molecule has 3 nitrogen and oxygen atoms in total. The van der Waals surface area contributed by atoms with Gasteiger partial charge in [-0.15, -0.1) is 0 Å². The van der Waals surface area contributed by atoms with Crippen molar-refractivity contribution < 1.29 is 10.2 Å². The molecule has 0 aliphatic carbocycles.